The van der Waals surface area contributed by atoms with Crippen LogP contribution in [-0.4, -0.2) is 12.1 Å². The summed E-state index contributed by atoms with van der Waals surface area (Å²) in [7, 11) is 0. The zero-order valence-electron chi connectivity index (χ0n) is 15.1. The maximum atomic E-state index is 12.9. The minimum absolute atomic E-state index is 0.189. The van der Waals surface area contributed by atoms with E-state index in [-0.39, 0.29) is 12.2 Å². The minimum Gasteiger partial charge on any atom is -0.488 e. The van der Waals surface area contributed by atoms with Crippen LogP contribution < -0.4 is 10.2 Å². The van der Waals surface area contributed by atoms with E-state index in [2.05, 4.69) is 16.6 Å². The molecule has 29 heavy (non-hydrogen) atoms. The topological polar surface area (TPSA) is 74.5 Å². The van der Waals surface area contributed by atoms with Crippen LogP contribution in [0, 0.1) is 17.1 Å². The lowest BCUT2D eigenvalue weighted by molar-refractivity contribution is 0.0955. The van der Waals surface area contributed by atoms with E-state index in [4.69, 9.17) is 16.3 Å². The number of nitrogens with one attached hydrogen (secondary N) is 1. The first kappa shape index (κ1) is 20.1. The van der Waals surface area contributed by atoms with Crippen molar-refractivity contribution in [2.45, 2.75) is 6.61 Å². The van der Waals surface area contributed by atoms with E-state index in [9.17, 15) is 14.4 Å². The average Bonchev–Trinajstić information content (AvgIpc) is 2.73. The van der Waals surface area contributed by atoms with Crippen LogP contribution in [0.25, 0.3) is 0 Å². The summed E-state index contributed by atoms with van der Waals surface area (Å²) in [6.07, 6.45) is 1.40. The molecule has 5 nitrogen and oxygen atoms in total. The predicted octanol–water partition coefficient (Wildman–Crippen LogP) is 4.69. The highest BCUT2D eigenvalue weighted by Crippen LogP contribution is 2.23. The fourth-order valence-corrected chi connectivity index (χ4v) is 2.67. The van der Waals surface area contributed by atoms with Gasteiger partial charge in [-0.15, -0.1) is 0 Å². The number of halogens is 2. The van der Waals surface area contributed by atoms with Crippen molar-refractivity contribution in [2.75, 3.05) is 0 Å². The number of nitrogens with zero attached hydrogens (tertiary/aromatic N) is 2. The van der Waals surface area contributed by atoms with Gasteiger partial charge in [0.15, 0.2) is 0 Å². The molecular weight excluding hydrogens is 393 g/mol. The molecule has 1 N–H and O–H groups in total. The number of carbonyl (C=O) groups is 1. The van der Waals surface area contributed by atoms with E-state index in [0.29, 0.717) is 21.9 Å². The molecular formula is C22H15ClFN3O2. The molecule has 0 saturated carbocycles. The highest BCUT2D eigenvalue weighted by Gasteiger charge is 2.07. The van der Waals surface area contributed by atoms with Gasteiger partial charge in [0.25, 0.3) is 5.91 Å². The molecule has 0 saturated heterocycles. The largest absolute Gasteiger partial charge is 0.488 e. The van der Waals surface area contributed by atoms with E-state index >= 15 is 0 Å². The normalized spacial score (nSPS) is 10.5. The highest BCUT2D eigenvalue weighted by atomic mass is 35.5. The van der Waals surface area contributed by atoms with Crippen LogP contribution in [0.3, 0.4) is 0 Å². The predicted molar refractivity (Wildman–Crippen MR) is 108 cm³/mol. The third-order valence-electron chi connectivity index (χ3n) is 3.97. The Morgan fingerprint density at radius 1 is 1.17 bits per heavy atom. The molecule has 3 rings (SSSR count). The van der Waals surface area contributed by atoms with E-state index in [1.807, 2.05) is 12.1 Å². The van der Waals surface area contributed by atoms with Gasteiger partial charge in [-0.2, -0.15) is 10.4 Å². The summed E-state index contributed by atoms with van der Waals surface area (Å²) >= 11 is 6.05. The number of hydrogen-bond donors (Lipinski definition) is 1. The van der Waals surface area contributed by atoms with Crippen LogP contribution in [0.1, 0.15) is 27.0 Å². The fourth-order valence-electron chi connectivity index (χ4n) is 2.49. The van der Waals surface area contributed by atoms with Crippen LogP contribution in [0.15, 0.2) is 71.8 Å². The van der Waals surface area contributed by atoms with Crippen LogP contribution in [0.5, 0.6) is 5.75 Å². The quantitative estimate of drug-likeness (QED) is 0.475. The number of carbonyl (C=O) groups excluding carboxylic acids is 1. The van der Waals surface area contributed by atoms with Crippen LogP contribution in [0.4, 0.5) is 4.39 Å². The zero-order chi connectivity index (χ0) is 20.6. The minimum atomic E-state index is -0.478. The summed E-state index contributed by atoms with van der Waals surface area (Å²) in [5.74, 6) is -0.417. The van der Waals surface area contributed by atoms with Gasteiger partial charge in [0.05, 0.1) is 17.8 Å². The summed E-state index contributed by atoms with van der Waals surface area (Å²) < 4.78 is 18.8. The Hall–Kier alpha value is -3.69. The second-order valence-electron chi connectivity index (χ2n) is 5.95. The van der Waals surface area contributed by atoms with Gasteiger partial charge in [-0.05, 0) is 48.5 Å². The standard InChI is InChI=1S/C22H15ClFN3O2/c23-19-7-10-21(29-14-17-4-2-1-3-16(17)12-25)18(11-19)13-26-27-22(28)15-5-8-20(24)9-6-15/h1-11,13H,14H2,(H,27,28)/b26-13-. The number of hydrogen-bond acceptors (Lipinski definition) is 4. The summed E-state index contributed by atoms with van der Waals surface area (Å²) in [6.45, 7) is 0.189. The van der Waals surface area contributed by atoms with Gasteiger partial charge >= 0.3 is 0 Å². The van der Waals surface area contributed by atoms with Gasteiger partial charge < -0.3 is 4.74 Å². The van der Waals surface area contributed by atoms with Gasteiger partial charge in [-0.1, -0.05) is 29.8 Å². The van der Waals surface area contributed by atoms with Crippen LogP contribution in [0.2, 0.25) is 5.02 Å². The monoisotopic (exact) mass is 407 g/mol. The van der Waals surface area contributed by atoms with Crippen molar-refractivity contribution < 1.29 is 13.9 Å². The molecule has 0 radical (unpaired) electrons. The Morgan fingerprint density at radius 3 is 2.69 bits per heavy atom. The first-order chi connectivity index (χ1) is 14.1. The van der Waals surface area contributed by atoms with E-state index < -0.39 is 11.7 Å². The Balaban J connectivity index is 1.71. The third-order valence-corrected chi connectivity index (χ3v) is 4.20. The van der Waals surface area contributed by atoms with Crippen molar-refractivity contribution in [1.82, 2.24) is 5.43 Å². The second kappa shape index (κ2) is 9.49. The Morgan fingerprint density at radius 2 is 1.93 bits per heavy atom. The molecule has 0 aliphatic heterocycles. The molecule has 0 unspecified atom stereocenters. The maximum Gasteiger partial charge on any atom is 0.271 e. The van der Waals surface area contributed by atoms with Gasteiger partial charge in [0.1, 0.15) is 18.2 Å². The van der Waals surface area contributed by atoms with Crippen molar-refractivity contribution >= 4 is 23.7 Å². The average molecular weight is 408 g/mol. The van der Waals surface area contributed by atoms with E-state index in [1.54, 1.807) is 30.3 Å². The van der Waals surface area contributed by atoms with Gasteiger partial charge in [0.2, 0.25) is 0 Å². The SMILES string of the molecule is N#Cc1ccccc1COc1ccc(Cl)cc1/C=N\NC(=O)c1ccc(F)cc1. The van der Waals surface area contributed by atoms with Crippen LogP contribution >= 0.6 is 11.6 Å². The summed E-state index contributed by atoms with van der Waals surface area (Å²) in [5.41, 5.74) is 4.48. The molecule has 0 aromatic heterocycles. The van der Waals surface area contributed by atoms with E-state index in [1.165, 1.54) is 30.5 Å². The Kier molecular flexibility index (Phi) is 6.56. The first-order valence-corrected chi connectivity index (χ1v) is 8.94. The van der Waals surface area contributed by atoms with Gasteiger partial charge in [-0.25, -0.2) is 9.82 Å². The molecule has 0 aliphatic carbocycles. The van der Waals surface area contributed by atoms with E-state index in [0.717, 1.165) is 5.56 Å². The number of benzene rings is 3. The molecule has 0 aliphatic rings. The number of ether oxygens (including phenoxy) is 1. The molecule has 0 bridgehead atoms. The number of amides is 1. The molecule has 1 amide bonds. The molecule has 3 aromatic rings. The zero-order valence-corrected chi connectivity index (χ0v) is 15.9. The van der Waals surface area contributed by atoms with Gasteiger partial charge in [0, 0.05) is 21.7 Å². The van der Waals surface area contributed by atoms with Crippen molar-refractivity contribution in [3.8, 4) is 11.8 Å². The lowest BCUT2D eigenvalue weighted by Gasteiger charge is -2.10. The van der Waals surface area contributed by atoms with Crippen molar-refractivity contribution in [1.29, 1.82) is 5.26 Å². The number of rotatable bonds is 6. The number of hydrazone groups is 1. The second-order valence-corrected chi connectivity index (χ2v) is 6.38. The van der Waals surface area contributed by atoms with Crippen molar-refractivity contribution in [3.05, 3.63) is 99.8 Å². The molecule has 0 atom stereocenters. The van der Waals surface area contributed by atoms with Crippen molar-refractivity contribution in [3.63, 3.8) is 0 Å². The third kappa shape index (κ3) is 5.41. The first-order valence-electron chi connectivity index (χ1n) is 8.56. The fraction of sp³-hybridized carbons (Fsp3) is 0.0455. The molecule has 3 aromatic carbocycles. The smallest absolute Gasteiger partial charge is 0.271 e. The highest BCUT2D eigenvalue weighted by molar-refractivity contribution is 6.30. The lowest BCUT2D eigenvalue weighted by Crippen LogP contribution is -2.17. The Labute approximate surface area is 172 Å². The van der Waals surface area contributed by atoms with Crippen LogP contribution in [-0.2, 0) is 6.61 Å². The van der Waals surface area contributed by atoms with Crippen molar-refractivity contribution in [2.24, 2.45) is 5.10 Å². The summed E-state index contributed by atoms with van der Waals surface area (Å²) in [4.78, 5) is 12.0. The maximum absolute atomic E-state index is 12.9. The lowest BCUT2D eigenvalue weighted by atomic mass is 10.1. The molecule has 0 heterocycles. The molecule has 7 heteroatoms. The molecule has 0 fully saturated rings. The number of nitriles is 1. The molecule has 0 spiro atoms. The summed E-state index contributed by atoms with van der Waals surface area (Å²) in [6, 6.07) is 19.4. The molecule has 144 valence electrons. The Bertz CT molecular complexity index is 1090. The summed E-state index contributed by atoms with van der Waals surface area (Å²) in [5, 5.41) is 13.6. The van der Waals surface area contributed by atoms with Gasteiger partial charge in [-0.3, -0.25) is 4.79 Å².